The first kappa shape index (κ1) is 33.4. The summed E-state index contributed by atoms with van der Waals surface area (Å²) in [7, 11) is 1.30. The number of fused-ring (bicyclic) bond motifs is 1. The van der Waals surface area contributed by atoms with Crippen molar-refractivity contribution in [1.82, 2.24) is 15.2 Å². The predicted octanol–water partition coefficient (Wildman–Crippen LogP) is 4.20. The quantitative estimate of drug-likeness (QED) is 0.0644. The number of aromatic nitrogens is 1. The minimum atomic E-state index is -1.33. The van der Waals surface area contributed by atoms with E-state index in [2.05, 4.69) is 15.8 Å². The van der Waals surface area contributed by atoms with E-state index < -0.39 is 40.7 Å². The van der Waals surface area contributed by atoms with Gasteiger partial charge in [0.25, 0.3) is 11.8 Å². The third kappa shape index (κ3) is 6.52. The van der Waals surface area contributed by atoms with Gasteiger partial charge in [0.2, 0.25) is 0 Å². The van der Waals surface area contributed by atoms with Crippen molar-refractivity contribution in [2.45, 2.75) is 23.9 Å². The number of β-lactam (4-membered cyclic amide) rings is 1. The molecule has 4 aromatic rings. The number of oxime groups is 1. The monoisotopic (exact) mass is 697 g/mol. The number of carbonyl (C=O) groups is 4. The van der Waals surface area contributed by atoms with Crippen LogP contribution in [-0.4, -0.2) is 75.3 Å². The zero-order chi connectivity index (χ0) is 34.5. The molecule has 14 heteroatoms. The van der Waals surface area contributed by atoms with Crippen LogP contribution in [0.4, 0.5) is 5.13 Å². The average Bonchev–Trinajstić information content (AvgIpc) is 3.59. The molecule has 1 fully saturated rings. The van der Waals surface area contributed by atoms with Crippen molar-refractivity contribution in [1.29, 1.82) is 0 Å². The van der Waals surface area contributed by atoms with Gasteiger partial charge >= 0.3 is 11.9 Å². The molecule has 49 heavy (non-hydrogen) atoms. The Hall–Kier alpha value is -5.47. The fourth-order valence-corrected chi connectivity index (χ4v) is 7.95. The largest absolute Gasteiger partial charge is 0.477 e. The molecule has 0 saturated carbocycles. The van der Waals surface area contributed by atoms with Crippen molar-refractivity contribution < 1.29 is 33.9 Å². The molecule has 250 valence electrons. The number of hydrogen-bond donors (Lipinski definition) is 3. The minimum absolute atomic E-state index is 0.159. The molecule has 2 amide bonds. The van der Waals surface area contributed by atoms with Crippen molar-refractivity contribution >= 4 is 57.7 Å². The van der Waals surface area contributed by atoms with Gasteiger partial charge in [-0.1, -0.05) is 96.2 Å². The smallest absolute Gasteiger partial charge is 0.352 e. The third-order valence-corrected chi connectivity index (χ3v) is 10.1. The molecule has 3 N–H and O–H groups in total. The van der Waals surface area contributed by atoms with Gasteiger partial charge in [0.05, 0.1) is 0 Å². The summed E-state index contributed by atoms with van der Waals surface area (Å²) in [5.74, 6) is -3.03. The summed E-state index contributed by atoms with van der Waals surface area (Å²) in [6.07, 6.45) is 0. The summed E-state index contributed by atoms with van der Waals surface area (Å²) in [6, 6.07) is 28.9. The second-order valence-electron chi connectivity index (χ2n) is 11.0. The van der Waals surface area contributed by atoms with E-state index in [0.29, 0.717) is 10.7 Å². The van der Waals surface area contributed by atoms with Crippen LogP contribution >= 0.6 is 23.1 Å². The minimum Gasteiger partial charge on any atom is -0.477 e. The van der Waals surface area contributed by atoms with Gasteiger partial charge in [0.1, 0.15) is 42.1 Å². The lowest BCUT2D eigenvalue weighted by molar-refractivity contribution is -0.150. The number of hydrogen-bond acceptors (Lipinski definition) is 11. The highest BCUT2D eigenvalue weighted by atomic mass is 32.2. The van der Waals surface area contributed by atoms with E-state index in [1.54, 1.807) is 5.38 Å². The number of rotatable bonds is 12. The first-order chi connectivity index (χ1) is 23.7. The molecule has 2 aliphatic heterocycles. The van der Waals surface area contributed by atoms with E-state index in [0.717, 1.165) is 21.6 Å². The van der Waals surface area contributed by atoms with Gasteiger partial charge in [-0.15, -0.1) is 23.1 Å². The number of aliphatic carboxylic acids is 1. The maximum absolute atomic E-state index is 13.6. The number of benzene rings is 3. The molecule has 0 spiro atoms. The van der Waals surface area contributed by atoms with Crippen molar-refractivity contribution in [3.8, 4) is 0 Å². The molecule has 1 saturated heterocycles. The number of nitrogens with zero attached hydrogens (tertiary/aromatic N) is 3. The highest BCUT2D eigenvalue weighted by Gasteiger charge is 2.54. The van der Waals surface area contributed by atoms with Crippen LogP contribution in [0.1, 0.15) is 29.3 Å². The molecule has 0 bridgehead atoms. The van der Waals surface area contributed by atoms with E-state index in [1.165, 1.54) is 37.1 Å². The van der Waals surface area contributed by atoms with E-state index >= 15 is 0 Å². The van der Waals surface area contributed by atoms with E-state index in [9.17, 15) is 24.3 Å². The summed E-state index contributed by atoms with van der Waals surface area (Å²) in [5, 5.41) is 21.6. The summed E-state index contributed by atoms with van der Waals surface area (Å²) >= 11 is 2.53. The highest BCUT2D eigenvalue weighted by molar-refractivity contribution is 8.00. The maximum atomic E-state index is 13.6. The average molecular weight is 698 g/mol. The topological polar surface area (TPSA) is 160 Å². The normalized spacial score (nSPS) is 17.5. The number of carboxylic acids is 1. The van der Waals surface area contributed by atoms with Crippen molar-refractivity contribution in [2.24, 2.45) is 5.16 Å². The predicted molar refractivity (Wildman–Crippen MR) is 185 cm³/mol. The van der Waals surface area contributed by atoms with Crippen LogP contribution in [0.3, 0.4) is 0 Å². The lowest BCUT2D eigenvalue weighted by Crippen LogP contribution is -2.71. The van der Waals surface area contributed by atoms with Gasteiger partial charge < -0.3 is 25.3 Å². The van der Waals surface area contributed by atoms with E-state index in [4.69, 9.17) is 14.6 Å². The number of thiazole rings is 1. The van der Waals surface area contributed by atoms with Crippen molar-refractivity contribution in [3.05, 3.63) is 130 Å². The van der Waals surface area contributed by atoms with Gasteiger partial charge in [-0.3, -0.25) is 19.3 Å². The second-order valence-corrected chi connectivity index (χ2v) is 13.0. The van der Waals surface area contributed by atoms with Crippen LogP contribution in [0.15, 0.2) is 113 Å². The van der Waals surface area contributed by atoms with Gasteiger partial charge in [-0.05, 0) is 16.7 Å². The number of carbonyl (C=O) groups excluding carboxylic acids is 3. The SMILES string of the molecule is CON=C(C(=O)N[C@@H]1C(=O)N2C(C(=O)O)=C(COC(C)=O)CS[C@H]12)c1csc(NC(c2ccccc2)(c2ccccc2)c2ccccc2)n1. The Bertz CT molecular complexity index is 1840. The van der Waals surface area contributed by atoms with Gasteiger partial charge in [0.15, 0.2) is 10.8 Å². The Balaban J connectivity index is 1.27. The lowest BCUT2D eigenvalue weighted by Gasteiger charge is -2.49. The summed E-state index contributed by atoms with van der Waals surface area (Å²) in [4.78, 5) is 61.1. The highest BCUT2D eigenvalue weighted by Crippen LogP contribution is 2.42. The number of thioether (sulfide) groups is 1. The fourth-order valence-electron chi connectivity index (χ4n) is 5.87. The van der Waals surface area contributed by atoms with Crippen LogP contribution in [0, 0.1) is 0 Å². The number of nitrogens with one attached hydrogen (secondary N) is 2. The Morgan fingerprint density at radius 3 is 2.06 bits per heavy atom. The Kier molecular flexibility index (Phi) is 9.78. The zero-order valence-corrected chi connectivity index (χ0v) is 28.0. The van der Waals surface area contributed by atoms with Gasteiger partial charge in [-0.25, -0.2) is 9.78 Å². The number of ether oxygens (including phenoxy) is 1. The number of anilines is 1. The molecule has 3 aromatic carbocycles. The molecule has 2 aliphatic rings. The number of amides is 2. The molecule has 12 nitrogen and oxygen atoms in total. The van der Waals surface area contributed by atoms with E-state index in [1.807, 2.05) is 91.0 Å². The van der Waals surface area contributed by atoms with Gasteiger partial charge in [-0.2, -0.15) is 0 Å². The second kappa shape index (κ2) is 14.3. The molecular formula is C35H31N5O7S2. The fraction of sp³-hybridized carbons (Fsp3) is 0.200. The molecular weight excluding hydrogens is 667 g/mol. The third-order valence-electron chi connectivity index (χ3n) is 8.05. The van der Waals surface area contributed by atoms with Crippen LogP contribution in [0.2, 0.25) is 0 Å². The molecule has 0 radical (unpaired) electrons. The van der Waals surface area contributed by atoms with E-state index in [-0.39, 0.29) is 29.5 Å². The number of carboxylic acid groups (broad SMARTS) is 1. The van der Waals surface area contributed by atoms with Crippen LogP contribution in [0.25, 0.3) is 0 Å². The molecule has 0 unspecified atom stereocenters. The maximum Gasteiger partial charge on any atom is 0.352 e. The lowest BCUT2D eigenvalue weighted by atomic mass is 9.77. The zero-order valence-electron chi connectivity index (χ0n) is 26.4. The van der Waals surface area contributed by atoms with Crippen LogP contribution < -0.4 is 10.6 Å². The summed E-state index contributed by atoms with van der Waals surface area (Å²) < 4.78 is 4.99. The van der Waals surface area contributed by atoms with Gasteiger partial charge in [0, 0.05) is 23.6 Å². The molecule has 6 rings (SSSR count). The summed E-state index contributed by atoms with van der Waals surface area (Å²) in [5.41, 5.74) is 2.15. The molecule has 0 aliphatic carbocycles. The molecule has 2 atom stereocenters. The van der Waals surface area contributed by atoms with Crippen LogP contribution in [-0.2, 0) is 34.3 Å². The molecule has 3 heterocycles. The molecule has 1 aromatic heterocycles. The Morgan fingerprint density at radius 1 is 0.980 bits per heavy atom. The summed E-state index contributed by atoms with van der Waals surface area (Å²) in [6.45, 7) is 0.968. The standard InChI is InChI=1S/C35H31N5O7S2/c1-21(41)47-18-22-19-48-32-28(31(43)40(32)29(22)33(44)45)37-30(42)27(39-46-2)26-20-49-34(36-26)38-35(23-12-6-3-7-13-23,24-14-8-4-9-15-24)25-16-10-5-11-17-25/h3-17,20,28,32H,18-19H2,1-2H3,(H,36,38)(H,37,42)(H,44,45)/t28-,32-/m1/s1. The number of esters is 1. The first-order valence-electron chi connectivity index (χ1n) is 15.1. The first-order valence-corrected chi connectivity index (χ1v) is 17.0. The Labute approximate surface area is 289 Å². The Morgan fingerprint density at radius 2 is 1.55 bits per heavy atom. The van der Waals surface area contributed by atoms with Crippen LogP contribution in [0.5, 0.6) is 0 Å². The van der Waals surface area contributed by atoms with Crippen molar-refractivity contribution in [2.75, 3.05) is 24.8 Å². The van der Waals surface area contributed by atoms with Crippen molar-refractivity contribution in [3.63, 3.8) is 0 Å².